The van der Waals surface area contributed by atoms with Crippen molar-refractivity contribution in [1.29, 1.82) is 0 Å². The van der Waals surface area contributed by atoms with Crippen molar-refractivity contribution in [2.24, 2.45) is 5.92 Å². The van der Waals surface area contributed by atoms with E-state index >= 15 is 0 Å². The molecule has 76 valence electrons. The molecule has 0 heterocycles. The summed E-state index contributed by atoms with van der Waals surface area (Å²) < 4.78 is 22.9. The molecule has 1 atom stereocenters. The van der Waals surface area contributed by atoms with E-state index in [0.29, 0.717) is 0 Å². The summed E-state index contributed by atoms with van der Waals surface area (Å²) in [6.07, 6.45) is 2.01. The summed E-state index contributed by atoms with van der Waals surface area (Å²) in [7, 11) is -3.41. The lowest BCUT2D eigenvalue weighted by molar-refractivity contribution is -0.136. The van der Waals surface area contributed by atoms with Crippen LogP contribution in [0, 0.1) is 5.92 Å². The molecule has 1 saturated carbocycles. The number of rotatable bonds is 5. The molecule has 4 nitrogen and oxygen atoms in total. The normalized spacial score (nSPS) is 19.8. The highest BCUT2D eigenvalue weighted by Crippen LogP contribution is 2.31. The fourth-order valence-electron chi connectivity index (χ4n) is 1.31. The third kappa shape index (κ3) is 2.69. The number of carboxylic acids is 1. The maximum absolute atomic E-state index is 11.5. The Morgan fingerprint density at radius 3 is 2.38 bits per heavy atom. The van der Waals surface area contributed by atoms with Crippen LogP contribution >= 0.6 is 0 Å². The first-order valence-electron chi connectivity index (χ1n) is 4.41. The van der Waals surface area contributed by atoms with Crippen LogP contribution in [0.1, 0.15) is 26.2 Å². The van der Waals surface area contributed by atoms with E-state index in [4.69, 9.17) is 5.11 Å². The summed E-state index contributed by atoms with van der Waals surface area (Å²) in [4.78, 5) is 10.6. The third-order valence-corrected chi connectivity index (χ3v) is 4.58. The standard InChI is InChI=1S/C8H14O4S/c1-2-7(8(9)10)13(11,12)5-6-3-4-6/h6-7H,2-5H2,1H3,(H,9,10). The molecule has 1 fully saturated rings. The first kappa shape index (κ1) is 10.5. The van der Waals surface area contributed by atoms with Crippen molar-refractivity contribution in [2.45, 2.75) is 31.4 Å². The largest absolute Gasteiger partial charge is 0.480 e. The lowest BCUT2D eigenvalue weighted by Crippen LogP contribution is -2.31. The molecule has 0 saturated heterocycles. The Kier molecular flexibility index (Phi) is 2.95. The predicted octanol–water partition coefficient (Wildman–Crippen LogP) is 0.674. The number of carboxylic acid groups (broad SMARTS) is 1. The van der Waals surface area contributed by atoms with Crippen molar-refractivity contribution in [1.82, 2.24) is 0 Å². The second-order valence-corrected chi connectivity index (χ2v) is 5.74. The second kappa shape index (κ2) is 3.65. The van der Waals surface area contributed by atoms with Crippen LogP contribution in [-0.2, 0) is 14.6 Å². The van der Waals surface area contributed by atoms with E-state index in [1.165, 1.54) is 0 Å². The average Bonchev–Trinajstić information content (AvgIpc) is 2.69. The van der Waals surface area contributed by atoms with Gasteiger partial charge in [0.1, 0.15) is 0 Å². The van der Waals surface area contributed by atoms with E-state index in [-0.39, 0.29) is 18.1 Å². The minimum Gasteiger partial charge on any atom is -0.480 e. The van der Waals surface area contributed by atoms with Gasteiger partial charge < -0.3 is 5.11 Å². The first-order valence-corrected chi connectivity index (χ1v) is 6.13. The topological polar surface area (TPSA) is 71.4 Å². The number of sulfone groups is 1. The lowest BCUT2D eigenvalue weighted by Gasteiger charge is -2.10. The van der Waals surface area contributed by atoms with E-state index in [1.54, 1.807) is 6.92 Å². The lowest BCUT2D eigenvalue weighted by atomic mass is 10.3. The molecule has 5 heteroatoms. The van der Waals surface area contributed by atoms with Gasteiger partial charge in [0.25, 0.3) is 0 Å². The molecule has 0 aromatic rings. The second-order valence-electron chi connectivity index (χ2n) is 3.51. The Morgan fingerprint density at radius 1 is 1.54 bits per heavy atom. The molecule has 0 bridgehead atoms. The highest BCUT2D eigenvalue weighted by molar-refractivity contribution is 7.92. The Morgan fingerprint density at radius 2 is 2.08 bits per heavy atom. The van der Waals surface area contributed by atoms with Crippen LogP contribution in [-0.4, -0.2) is 30.5 Å². The molecule has 0 amide bonds. The molecule has 0 aromatic heterocycles. The van der Waals surface area contributed by atoms with E-state index in [1.807, 2.05) is 0 Å². The highest BCUT2D eigenvalue weighted by atomic mass is 32.2. The fraction of sp³-hybridized carbons (Fsp3) is 0.875. The van der Waals surface area contributed by atoms with E-state index in [9.17, 15) is 13.2 Å². The molecule has 1 N–H and O–H groups in total. The zero-order valence-corrected chi connectivity index (χ0v) is 8.38. The van der Waals surface area contributed by atoms with Gasteiger partial charge in [0, 0.05) is 0 Å². The fourth-order valence-corrected chi connectivity index (χ4v) is 3.35. The summed E-state index contributed by atoms with van der Waals surface area (Å²) in [5, 5.41) is 7.46. The van der Waals surface area contributed by atoms with Gasteiger partial charge in [-0.15, -0.1) is 0 Å². The van der Waals surface area contributed by atoms with Gasteiger partial charge in [-0.05, 0) is 25.2 Å². The number of hydrogen-bond acceptors (Lipinski definition) is 3. The van der Waals surface area contributed by atoms with Crippen molar-refractivity contribution in [3.8, 4) is 0 Å². The zero-order chi connectivity index (χ0) is 10.1. The van der Waals surface area contributed by atoms with Crippen LogP contribution < -0.4 is 0 Å². The predicted molar refractivity (Wildman–Crippen MR) is 48.2 cm³/mol. The Labute approximate surface area is 77.9 Å². The van der Waals surface area contributed by atoms with E-state index in [2.05, 4.69) is 0 Å². The van der Waals surface area contributed by atoms with Gasteiger partial charge >= 0.3 is 5.97 Å². The Bertz CT molecular complexity index is 289. The number of aliphatic carboxylic acids is 1. The molecule has 0 aromatic carbocycles. The van der Waals surface area contributed by atoms with Gasteiger partial charge in [0.2, 0.25) is 0 Å². The molecule has 1 aliphatic rings. The summed E-state index contributed by atoms with van der Waals surface area (Å²) in [6, 6.07) is 0. The van der Waals surface area contributed by atoms with Crippen molar-refractivity contribution in [3.63, 3.8) is 0 Å². The van der Waals surface area contributed by atoms with Crippen LogP contribution in [0.2, 0.25) is 0 Å². The van der Waals surface area contributed by atoms with E-state index < -0.39 is 21.1 Å². The molecule has 0 aliphatic heterocycles. The molecule has 0 radical (unpaired) electrons. The monoisotopic (exact) mass is 206 g/mol. The molecular weight excluding hydrogens is 192 g/mol. The van der Waals surface area contributed by atoms with Crippen molar-refractivity contribution < 1.29 is 18.3 Å². The van der Waals surface area contributed by atoms with Crippen molar-refractivity contribution in [3.05, 3.63) is 0 Å². The smallest absolute Gasteiger partial charge is 0.321 e. The minimum absolute atomic E-state index is 0.0534. The highest BCUT2D eigenvalue weighted by Gasteiger charge is 2.36. The molecule has 1 rings (SSSR count). The number of hydrogen-bond donors (Lipinski definition) is 1. The van der Waals surface area contributed by atoms with Crippen LogP contribution in [0.3, 0.4) is 0 Å². The van der Waals surface area contributed by atoms with Crippen LogP contribution in [0.15, 0.2) is 0 Å². The quantitative estimate of drug-likeness (QED) is 0.717. The van der Waals surface area contributed by atoms with Gasteiger partial charge in [0.15, 0.2) is 15.1 Å². The average molecular weight is 206 g/mol. The SMILES string of the molecule is CCC(C(=O)O)S(=O)(=O)CC1CC1. The summed E-state index contributed by atoms with van der Waals surface area (Å²) in [6.45, 7) is 1.59. The summed E-state index contributed by atoms with van der Waals surface area (Å²) in [5.41, 5.74) is 0. The minimum atomic E-state index is -3.41. The van der Waals surface area contributed by atoms with Gasteiger partial charge in [-0.25, -0.2) is 8.42 Å². The summed E-state index contributed by atoms with van der Waals surface area (Å²) in [5.74, 6) is -0.945. The molecule has 0 spiro atoms. The first-order chi connectivity index (χ1) is 5.97. The van der Waals surface area contributed by atoms with Gasteiger partial charge in [0.05, 0.1) is 5.75 Å². The van der Waals surface area contributed by atoms with Gasteiger partial charge in [-0.2, -0.15) is 0 Å². The molecule has 13 heavy (non-hydrogen) atoms. The summed E-state index contributed by atoms with van der Waals surface area (Å²) >= 11 is 0. The third-order valence-electron chi connectivity index (χ3n) is 2.24. The molecular formula is C8H14O4S. The zero-order valence-electron chi connectivity index (χ0n) is 7.56. The van der Waals surface area contributed by atoms with Crippen LogP contribution in [0.25, 0.3) is 0 Å². The molecule has 1 unspecified atom stereocenters. The Hall–Kier alpha value is -0.580. The van der Waals surface area contributed by atoms with Gasteiger partial charge in [-0.3, -0.25) is 4.79 Å². The van der Waals surface area contributed by atoms with Crippen molar-refractivity contribution in [2.75, 3.05) is 5.75 Å². The van der Waals surface area contributed by atoms with E-state index in [0.717, 1.165) is 12.8 Å². The van der Waals surface area contributed by atoms with Gasteiger partial charge in [-0.1, -0.05) is 6.92 Å². The molecule has 1 aliphatic carbocycles. The van der Waals surface area contributed by atoms with Crippen LogP contribution in [0.5, 0.6) is 0 Å². The van der Waals surface area contributed by atoms with Crippen LogP contribution in [0.4, 0.5) is 0 Å². The van der Waals surface area contributed by atoms with Crippen molar-refractivity contribution >= 4 is 15.8 Å². The number of carbonyl (C=O) groups is 1. The Balaban J connectivity index is 2.69. The maximum atomic E-state index is 11.5. The maximum Gasteiger partial charge on any atom is 0.321 e.